The Kier molecular flexibility index (Phi) is 8.01. The molecule has 0 atom stereocenters. The molecule has 0 saturated carbocycles. The van der Waals surface area contributed by atoms with Gasteiger partial charge in [-0.05, 0) is 49.2 Å². The highest BCUT2D eigenvalue weighted by atomic mass is 32.2. The minimum absolute atomic E-state index is 0.265. The number of amides is 1. The number of unbranched alkanes of at least 4 members (excludes halogenated alkanes) is 2. The molecule has 0 bridgehead atoms. The van der Waals surface area contributed by atoms with Gasteiger partial charge < -0.3 is 9.47 Å². The van der Waals surface area contributed by atoms with Crippen molar-refractivity contribution in [1.29, 1.82) is 0 Å². The van der Waals surface area contributed by atoms with Gasteiger partial charge in [-0.15, -0.1) is 0 Å². The number of ether oxygens (including phenoxy) is 2. The molecule has 188 valence electrons. The fourth-order valence-corrected chi connectivity index (χ4v) is 5.32. The van der Waals surface area contributed by atoms with E-state index in [4.69, 9.17) is 21.7 Å². The van der Waals surface area contributed by atoms with Crippen LogP contribution in [-0.4, -0.2) is 33.3 Å². The van der Waals surface area contributed by atoms with Crippen molar-refractivity contribution in [3.63, 3.8) is 0 Å². The number of nitrogens with zero attached hydrogens (tertiary/aromatic N) is 3. The van der Waals surface area contributed by atoms with E-state index in [0.717, 1.165) is 24.8 Å². The maximum atomic E-state index is 13.4. The van der Waals surface area contributed by atoms with Crippen LogP contribution < -0.4 is 19.9 Å². The lowest BCUT2D eigenvalue weighted by molar-refractivity contribution is -0.113. The second-order valence-corrected chi connectivity index (χ2v) is 10.1. The monoisotopic (exact) mass is 523 g/mol. The molecule has 3 aromatic rings. The van der Waals surface area contributed by atoms with Crippen LogP contribution in [0.3, 0.4) is 0 Å². The summed E-state index contributed by atoms with van der Waals surface area (Å²) in [4.78, 5) is 28.7. The second-order valence-electron chi connectivity index (χ2n) is 8.39. The van der Waals surface area contributed by atoms with E-state index in [9.17, 15) is 9.59 Å². The summed E-state index contributed by atoms with van der Waals surface area (Å²) in [5.74, 6) is 0.940. The molecule has 0 radical (unpaired) electrons. The van der Waals surface area contributed by atoms with Gasteiger partial charge in [0.25, 0.3) is 11.5 Å². The van der Waals surface area contributed by atoms with Gasteiger partial charge >= 0.3 is 0 Å². The first-order valence-electron chi connectivity index (χ1n) is 11.8. The number of hydrogen-bond donors (Lipinski definition) is 0. The Morgan fingerprint density at radius 2 is 1.81 bits per heavy atom. The Morgan fingerprint density at radius 3 is 2.50 bits per heavy atom. The number of carbonyl (C=O) groups is 1. The molecule has 4 rings (SSSR count). The van der Waals surface area contributed by atoms with Crippen LogP contribution in [0.15, 0.2) is 58.2 Å². The molecule has 0 N–H and O–H groups in total. The fourth-order valence-electron chi connectivity index (χ4n) is 4.05. The molecule has 1 fully saturated rings. The number of methoxy groups -OCH3 is 1. The number of hydrogen-bond acceptors (Lipinski definition) is 6. The molecule has 2 heterocycles. The topological polar surface area (TPSA) is 65.7 Å². The summed E-state index contributed by atoms with van der Waals surface area (Å²) in [6, 6.07) is 14.9. The number of anilines is 1. The van der Waals surface area contributed by atoms with Gasteiger partial charge in [0.15, 0.2) is 15.8 Å². The molecular formula is C27H29N3O4S2. The second kappa shape index (κ2) is 11.2. The van der Waals surface area contributed by atoms with E-state index >= 15 is 0 Å². The normalized spacial score (nSPS) is 14.7. The summed E-state index contributed by atoms with van der Waals surface area (Å²) >= 11 is 6.72. The van der Waals surface area contributed by atoms with E-state index in [1.807, 2.05) is 55.5 Å². The molecule has 0 unspecified atom stereocenters. The third-order valence-corrected chi connectivity index (χ3v) is 7.33. The molecule has 7 nitrogen and oxygen atoms in total. The van der Waals surface area contributed by atoms with Gasteiger partial charge in [-0.25, -0.2) is 4.68 Å². The largest absolute Gasteiger partial charge is 0.493 e. The van der Waals surface area contributed by atoms with E-state index in [1.165, 1.54) is 21.3 Å². The van der Waals surface area contributed by atoms with Crippen LogP contribution in [0.5, 0.6) is 11.5 Å². The first kappa shape index (κ1) is 25.8. The molecule has 0 spiro atoms. The first-order valence-corrected chi connectivity index (χ1v) is 13.0. The van der Waals surface area contributed by atoms with Crippen molar-refractivity contribution in [3.05, 3.63) is 75.0 Å². The Hall–Kier alpha value is -3.30. The standard InChI is InChI=1S/C27H29N3O4S2/c1-5-6-10-15-34-21-14-13-19(16-22(21)33-4)17-23-25(31)29(27(35)36-23)24-18(2)28(3)30(26(24)32)20-11-8-7-9-12-20/h7-9,11-14,16-17H,5-6,10,15H2,1-4H3. The summed E-state index contributed by atoms with van der Waals surface area (Å²) in [5.41, 5.74) is 2.10. The van der Waals surface area contributed by atoms with Gasteiger partial charge in [-0.3, -0.25) is 19.2 Å². The minimum atomic E-state index is -0.324. The number of rotatable bonds is 9. The van der Waals surface area contributed by atoms with E-state index in [0.29, 0.717) is 38.7 Å². The Labute approximate surface area is 220 Å². The van der Waals surface area contributed by atoms with Crippen LogP contribution in [0.1, 0.15) is 37.4 Å². The van der Waals surface area contributed by atoms with Gasteiger partial charge in [0.2, 0.25) is 0 Å². The lowest BCUT2D eigenvalue weighted by Gasteiger charge is -2.12. The van der Waals surface area contributed by atoms with Crippen molar-refractivity contribution in [2.45, 2.75) is 33.1 Å². The molecule has 1 aromatic heterocycles. The predicted molar refractivity (Wildman–Crippen MR) is 149 cm³/mol. The summed E-state index contributed by atoms with van der Waals surface area (Å²) < 4.78 is 15.0. The number of benzene rings is 2. The summed E-state index contributed by atoms with van der Waals surface area (Å²) in [6.45, 7) is 4.58. The highest BCUT2D eigenvalue weighted by Crippen LogP contribution is 2.37. The Morgan fingerprint density at radius 1 is 1.06 bits per heavy atom. The lowest BCUT2D eigenvalue weighted by Crippen LogP contribution is -2.33. The smallest absolute Gasteiger partial charge is 0.296 e. The molecule has 2 aromatic carbocycles. The molecule has 1 aliphatic heterocycles. The summed E-state index contributed by atoms with van der Waals surface area (Å²) in [5, 5.41) is 0. The van der Waals surface area contributed by atoms with Crippen molar-refractivity contribution in [2.75, 3.05) is 18.6 Å². The van der Waals surface area contributed by atoms with Crippen LogP contribution >= 0.6 is 24.0 Å². The van der Waals surface area contributed by atoms with Gasteiger partial charge in [-0.1, -0.05) is 68.0 Å². The van der Waals surface area contributed by atoms with E-state index in [2.05, 4.69) is 6.92 Å². The highest BCUT2D eigenvalue weighted by molar-refractivity contribution is 8.27. The van der Waals surface area contributed by atoms with E-state index in [-0.39, 0.29) is 17.2 Å². The zero-order valence-electron chi connectivity index (χ0n) is 20.8. The fraction of sp³-hybridized carbons (Fsp3) is 0.296. The lowest BCUT2D eigenvalue weighted by atomic mass is 10.1. The SMILES string of the molecule is CCCCCOc1ccc(C=C2SC(=S)N(c3c(C)n(C)n(-c4ccccc4)c3=O)C2=O)cc1OC. The molecule has 9 heteroatoms. The number of carbonyl (C=O) groups excluding carboxylic acids is 1. The molecule has 1 saturated heterocycles. The number of aromatic nitrogens is 2. The minimum Gasteiger partial charge on any atom is -0.493 e. The predicted octanol–water partition coefficient (Wildman–Crippen LogP) is 5.47. The summed E-state index contributed by atoms with van der Waals surface area (Å²) in [7, 11) is 3.38. The third kappa shape index (κ3) is 4.99. The zero-order chi connectivity index (χ0) is 25.8. The van der Waals surface area contributed by atoms with Crippen molar-refractivity contribution in [2.24, 2.45) is 7.05 Å². The Bertz CT molecular complexity index is 1380. The first-order chi connectivity index (χ1) is 17.4. The zero-order valence-corrected chi connectivity index (χ0v) is 22.4. The van der Waals surface area contributed by atoms with Crippen molar-refractivity contribution >= 4 is 46.0 Å². The number of para-hydroxylation sites is 1. The number of thioether (sulfide) groups is 1. The van der Waals surface area contributed by atoms with E-state index < -0.39 is 0 Å². The molecule has 0 aliphatic carbocycles. The molecule has 1 amide bonds. The number of thiocarbonyl (C=S) groups is 1. The van der Waals surface area contributed by atoms with Crippen LogP contribution in [0, 0.1) is 6.92 Å². The third-order valence-electron chi connectivity index (χ3n) is 6.03. The molecular weight excluding hydrogens is 494 g/mol. The highest BCUT2D eigenvalue weighted by Gasteiger charge is 2.37. The average Bonchev–Trinajstić information content (AvgIpc) is 3.27. The maximum absolute atomic E-state index is 13.4. The van der Waals surface area contributed by atoms with Gasteiger partial charge in [0.1, 0.15) is 5.69 Å². The maximum Gasteiger partial charge on any atom is 0.296 e. The van der Waals surface area contributed by atoms with Crippen molar-refractivity contribution in [3.8, 4) is 17.2 Å². The van der Waals surface area contributed by atoms with E-state index in [1.54, 1.807) is 24.9 Å². The van der Waals surface area contributed by atoms with Gasteiger partial charge in [0, 0.05) is 7.05 Å². The van der Waals surface area contributed by atoms with Gasteiger partial charge in [0.05, 0.1) is 30.0 Å². The van der Waals surface area contributed by atoms with Crippen LogP contribution in [0.25, 0.3) is 11.8 Å². The quantitative estimate of drug-likeness (QED) is 0.211. The van der Waals surface area contributed by atoms with Gasteiger partial charge in [-0.2, -0.15) is 0 Å². The van der Waals surface area contributed by atoms with Crippen LogP contribution in [-0.2, 0) is 11.8 Å². The summed E-state index contributed by atoms with van der Waals surface area (Å²) in [6.07, 6.45) is 4.98. The van der Waals surface area contributed by atoms with Crippen LogP contribution in [0.2, 0.25) is 0 Å². The molecule has 36 heavy (non-hydrogen) atoms. The average molecular weight is 524 g/mol. The van der Waals surface area contributed by atoms with Crippen LogP contribution in [0.4, 0.5) is 5.69 Å². The Balaban J connectivity index is 1.63. The molecule has 1 aliphatic rings. The van der Waals surface area contributed by atoms with Crippen molar-refractivity contribution in [1.82, 2.24) is 9.36 Å². The van der Waals surface area contributed by atoms with Crippen molar-refractivity contribution < 1.29 is 14.3 Å².